The minimum absolute atomic E-state index is 0.377. The standard InChI is InChI=1S/C14H22O5/c1-9-6-11(18-5)12(7-10(9)17-4)19-14(2,3)13(16)8-15/h6-7,13,15-16H,8H2,1-5H3. The summed E-state index contributed by atoms with van der Waals surface area (Å²) in [7, 11) is 3.12. The highest BCUT2D eigenvalue weighted by atomic mass is 16.5. The highest BCUT2D eigenvalue weighted by Crippen LogP contribution is 2.36. The van der Waals surface area contributed by atoms with Crippen LogP contribution in [0.1, 0.15) is 19.4 Å². The van der Waals surface area contributed by atoms with E-state index in [-0.39, 0.29) is 6.61 Å². The van der Waals surface area contributed by atoms with Gasteiger partial charge in [-0.25, -0.2) is 0 Å². The molecule has 0 amide bonds. The van der Waals surface area contributed by atoms with Crippen LogP contribution < -0.4 is 14.2 Å². The first-order chi connectivity index (χ1) is 8.85. The number of ether oxygens (including phenoxy) is 3. The van der Waals surface area contributed by atoms with Crippen molar-refractivity contribution in [2.75, 3.05) is 20.8 Å². The molecule has 0 heterocycles. The Hall–Kier alpha value is -1.46. The third kappa shape index (κ3) is 3.52. The molecule has 5 heteroatoms. The van der Waals surface area contributed by atoms with Crippen LogP contribution >= 0.6 is 0 Å². The second-order valence-electron chi connectivity index (χ2n) is 4.88. The summed E-state index contributed by atoms with van der Waals surface area (Å²) in [5, 5.41) is 18.8. The molecule has 2 N–H and O–H groups in total. The predicted octanol–water partition coefficient (Wildman–Crippen LogP) is 1.52. The molecule has 19 heavy (non-hydrogen) atoms. The van der Waals surface area contributed by atoms with Gasteiger partial charge in [-0.15, -0.1) is 0 Å². The molecular weight excluding hydrogens is 248 g/mol. The van der Waals surface area contributed by atoms with Crippen LogP contribution in [0.2, 0.25) is 0 Å². The van der Waals surface area contributed by atoms with Crippen LogP contribution in [0.5, 0.6) is 17.2 Å². The zero-order valence-corrected chi connectivity index (χ0v) is 12.1. The topological polar surface area (TPSA) is 68.2 Å². The van der Waals surface area contributed by atoms with Crippen LogP contribution in [-0.4, -0.2) is 42.7 Å². The molecule has 0 aliphatic heterocycles. The van der Waals surface area contributed by atoms with Crippen LogP contribution in [0.25, 0.3) is 0 Å². The molecule has 0 saturated heterocycles. The fourth-order valence-electron chi connectivity index (χ4n) is 1.67. The smallest absolute Gasteiger partial charge is 0.165 e. The minimum atomic E-state index is -0.996. The van der Waals surface area contributed by atoms with Gasteiger partial charge < -0.3 is 24.4 Å². The van der Waals surface area contributed by atoms with E-state index in [0.29, 0.717) is 17.2 Å². The van der Waals surface area contributed by atoms with Crippen molar-refractivity contribution in [1.82, 2.24) is 0 Å². The number of benzene rings is 1. The molecule has 0 saturated carbocycles. The summed E-state index contributed by atoms with van der Waals surface area (Å²) < 4.78 is 16.3. The van der Waals surface area contributed by atoms with Crippen molar-refractivity contribution < 1.29 is 24.4 Å². The Morgan fingerprint density at radius 2 is 1.68 bits per heavy atom. The number of hydrogen-bond acceptors (Lipinski definition) is 5. The Balaban J connectivity index is 3.12. The lowest BCUT2D eigenvalue weighted by Crippen LogP contribution is -2.44. The van der Waals surface area contributed by atoms with Crippen molar-refractivity contribution in [2.45, 2.75) is 32.5 Å². The Kier molecular flexibility index (Phi) is 5.03. The third-order valence-corrected chi connectivity index (χ3v) is 3.03. The van der Waals surface area contributed by atoms with Gasteiger partial charge in [-0.1, -0.05) is 0 Å². The van der Waals surface area contributed by atoms with Crippen LogP contribution in [0.3, 0.4) is 0 Å². The molecule has 1 aromatic carbocycles. The SMILES string of the molecule is COc1cc(OC(C)(C)C(O)CO)c(OC)cc1C. The second-order valence-corrected chi connectivity index (χ2v) is 4.88. The fraction of sp³-hybridized carbons (Fsp3) is 0.571. The number of hydrogen-bond donors (Lipinski definition) is 2. The van der Waals surface area contributed by atoms with Gasteiger partial charge in [-0.2, -0.15) is 0 Å². The predicted molar refractivity (Wildman–Crippen MR) is 72.1 cm³/mol. The van der Waals surface area contributed by atoms with E-state index in [0.717, 1.165) is 5.56 Å². The van der Waals surface area contributed by atoms with Gasteiger partial charge in [0.2, 0.25) is 0 Å². The average molecular weight is 270 g/mol. The molecule has 0 aliphatic rings. The second kappa shape index (κ2) is 6.12. The van der Waals surface area contributed by atoms with Crippen LogP contribution in [0.15, 0.2) is 12.1 Å². The fourth-order valence-corrected chi connectivity index (χ4v) is 1.67. The van der Waals surface area contributed by atoms with Gasteiger partial charge in [0.1, 0.15) is 17.5 Å². The molecule has 0 bridgehead atoms. The van der Waals surface area contributed by atoms with E-state index in [1.54, 1.807) is 40.2 Å². The quantitative estimate of drug-likeness (QED) is 0.820. The van der Waals surface area contributed by atoms with Gasteiger partial charge in [0.15, 0.2) is 11.5 Å². The van der Waals surface area contributed by atoms with Crippen LogP contribution in [-0.2, 0) is 0 Å². The van der Waals surface area contributed by atoms with E-state index in [9.17, 15) is 5.11 Å². The average Bonchev–Trinajstić information content (AvgIpc) is 2.38. The highest BCUT2D eigenvalue weighted by molar-refractivity contribution is 5.50. The van der Waals surface area contributed by atoms with Crippen molar-refractivity contribution in [3.05, 3.63) is 17.7 Å². The van der Waals surface area contributed by atoms with Gasteiger partial charge >= 0.3 is 0 Å². The van der Waals surface area contributed by atoms with Crippen molar-refractivity contribution in [3.63, 3.8) is 0 Å². The molecular formula is C14H22O5. The Morgan fingerprint density at radius 3 is 2.16 bits per heavy atom. The molecule has 108 valence electrons. The van der Waals surface area contributed by atoms with Crippen molar-refractivity contribution in [3.8, 4) is 17.2 Å². The number of aryl methyl sites for hydroxylation is 1. The maximum atomic E-state index is 9.74. The van der Waals surface area contributed by atoms with E-state index in [1.165, 1.54) is 0 Å². The summed E-state index contributed by atoms with van der Waals surface area (Å²) in [4.78, 5) is 0. The van der Waals surface area contributed by atoms with Crippen molar-refractivity contribution in [1.29, 1.82) is 0 Å². The van der Waals surface area contributed by atoms with Gasteiger partial charge in [-0.05, 0) is 32.4 Å². The monoisotopic (exact) mass is 270 g/mol. The van der Waals surface area contributed by atoms with Crippen LogP contribution in [0.4, 0.5) is 0 Å². The maximum Gasteiger partial charge on any atom is 0.165 e. The first-order valence-electron chi connectivity index (χ1n) is 6.06. The van der Waals surface area contributed by atoms with Gasteiger partial charge in [0, 0.05) is 6.07 Å². The Labute approximate surface area is 113 Å². The zero-order valence-electron chi connectivity index (χ0n) is 12.1. The molecule has 0 radical (unpaired) electrons. The van der Waals surface area contributed by atoms with E-state index in [4.69, 9.17) is 19.3 Å². The van der Waals surface area contributed by atoms with Crippen molar-refractivity contribution >= 4 is 0 Å². The normalized spacial score (nSPS) is 13.0. The molecule has 0 aromatic heterocycles. The number of aliphatic hydroxyl groups is 2. The molecule has 1 aromatic rings. The molecule has 0 spiro atoms. The summed E-state index contributed by atoms with van der Waals surface area (Å²) in [6.07, 6.45) is -0.996. The largest absolute Gasteiger partial charge is 0.496 e. The lowest BCUT2D eigenvalue weighted by atomic mass is 10.0. The first-order valence-corrected chi connectivity index (χ1v) is 6.06. The van der Waals surface area contributed by atoms with Gasteiger partial charge in [0.25, 0.3) is 0 Å². The van der Waals surface area contributed by atoms with Gasteiger partial charge in [-0.3, -0.25) is 0 Å². The first kappa shape index (κ1) is 15.6. The maximum absolute atomic E-state index is 9.74. The third-order valence-electron chi connectivity index (χ3n) is 3.03. The van der Waals surface area contributed by atoms with Crippen LogP contribution in [0, 0.1) is 6.92 Å². The summed E-state index contributed by atoms with van der Waals surface area (Å²) in [6.45, 7) is 4.91. The highest BCUT2D eigenvalue weighted by Gasteiger charge is 2.30. The molecule has 0 fully saturated rings. The number of aliphatic hydroxyl groups excluding tert-OH is 2. The molecule has 1 atom stereocenters. The molecule has 1 unspecified atom stereocenters. The minimum Gasteiger partial charge on any atom is -0.496 e. The van der Waals surface area contributed by atoms with E-state index in [2.05, 4.69) is 0 Å². The number of rotatable bonds is 6. The Morgan fingerprint density at radius 1 is 1.11 bits per heavy atom. The van der Waals surface area contributed by atoms with E-state index < -0.39 is 11.7 Å². The van der Waals surface area contributed by atoms with Crippen molar-refractivity contribution in [2.24, 2.45) is 0 Å². The summed E-state index contributed by atoms with van der Waals surface area (Å²) in [5.74, 6) is 1.68. The Bertz CT molecular complexity index is 428. The zero-order chi connectivity index (χ0) is 14.6. The summed E-state index contributed by atoms with van der Waals surface area (Å²) in [5.41, 5.74) is -0.0188. The van der Waals surface area contributed by atoms with Gasteiger partial charge in [0.05, 0.1) is 20.8 Å². The lowest BCUT2D eigenvalue weighted by Gasteiger charge is -2.31. The summed E-state index contributed by atoms with van der Waals surface area (Å²) >= 11 is 0. The molecule has 0 aliphatic carbocycles. The summed E-state index contributed by atoms with van der Waals surface area (Å²) in [6, 6.07) is 3.51. The van der Waals surface area contributed by atoms with E-state index >= 15 is 0 Å². The number of methoxy groups -OCH3 is 2. The molecule has 1 rings (SSSR count). The van der Waals surface area contributed by atoms with E-state index in [1.807, 2.05) is 6.92 Å². The lowest BCUT2D eigenvalue weighted by molar-refractivity contribution is -0.0552. The molecule has 5 nitrogen and oxygen atoms in total.